The molecule has 0 saturated carbocycles. The number of carbonyl (C=O) groups excluding carboxylic acids is 2. The van der Waals surface area contributed by atoms with Crippen molar-refractivity contribution in [3.63, 3.8) is 0 Å². The van der Waals surface area contributed by atoms with Crippen LogP contribution < -0.4 is 10.1 Å². The molecule has 2 heterocycles. The molecule has 0 bridgehead atoms. The van der Waals surface area contributed by atoms with Gasteiger partial charge in [-0.2, -0.15) is 0 Å². The third-order valence-electron chi connectivity index (χ3n) is 7.25. The Kier molecular flexibility index (Phi) is 5.57. The molecule has 0 radical (unpaired) electrons. The van der Waals surface area contributed by atoms with Gasteiger partial charge in [-0.15, -0.1) is 0 Å². The number of hydrogen-bond acceptors (Lipinski definition) is 6. The Morgan fingerprint density at radius 2 is 1.70 bits per heavy atom. The smallest absolute Gasteiger partial charge is 0.339 e. The van der Waals surface area contributed by atoms with Crippen molar-refractivity contribution >= 4 is 34.7 Å². The number of ether oxygens (including phenoxy) is 2. The monoisotopic (exact) mass is 512 g/mol. The minimum absolute atomic E-state index is 0.168. The summed E-state index contributed by atoms with van der Waals surface area (Å²) < 4.78 is 12.6. The van der Waals surface area contributed by atoms with E-state index in [0.29, 0.717) is 33.2 Å². The first-order valence-electron chi connectivity index (χ1n) is 12.3. The zero-order valence-corrected chi connectivity index (χ0v) is 21.2. The van der Waals surface area contributed by atoms with Gasteiger partial charge in [0.05, 0.1) is 16.3 Å². The van der Waals surface area contributed by atoms with Gasteiger partial charge in [0.2, 0.25) is 0 Å². The van der Waals surface area contributed by atoms with Crippen LogP contribution in [0.4, 0.5) is 11.4 Å². The molecule has 2 unspecified atom stereocenters. The van der Waals surface area contributed by atoms with Crippen LogP contribution in [0, 0.1) is 5.92 Å². The fourth-order valence-electron chi connectivity index (χ4n) is 5.54. The highest BCUT2D eigenvalue weighted by molar-refractivity contribution is 6.33. The molecule has 7 heteroatoms. The Morgan fingerprint density at radius 3 is 2.49 bits per heavy atom. The first-order chi connectivity index (χ1) is 18.0. The van der Waals surface area contributed by atoms with E-state index in [1.165, 1.54) is 0 Å². The quantitative estimate of drug-likeness (QED) is 0.411. The Hall–Kier alpha value is -4.03. The van der Waals surface area contributed by atoms with Gasteiger partial charge in [-0.25, -0.2) is 4.79 Å². The summed E-state index contributed by atoms with van der Waals surface area (Å²) in [5.41, 5.74) is 2.61. The van der Waals surface area contributed by atoms with Gasteiger partial charge in [-0.3, -0.25) is 4.79 Å². The second-order valence-corrected chi connectivity index (χ2v) is 9.62. The molecule has 0 aromatic heterocycles. The minimum atomic E-state index is -1.35. The number of halogens is 1. The van der Waals surface area contributed by atoms with Crippen molar-refractivity contribution in [2.24, 2.45) is 5.92 Å². The summed E-state index contributed by atoms with van der Waals surface area (Å²) in [6.45, 7) is 5.59. The van der Waals surface area contributed by atoms with E-state index < -0.39 is 17.5 Å². The van der Waals surface area contributed by atoms with Crippen LogP contribution in [-0.2, 0) is 15.1 Å². The molecule has 2 atom stereocenters. The van der Waals surface area contributed by atoms with Gasteiger partial charge in [0.15, 0.2) is 11.4 Å². The largest absolute Gasteiger partial charge is 0.460 e. The van der Waals surface area contributed by atoms with Gasteiger partial charge in [-0.1, -0.05) is 41.9 Å². The van der Waals surface area contributed by atoms with E-state index in [0.717, 1.165) is 30.2 Å². The predicted octanol–water partition coefficient (Wildman–Crippen LogP) is 6.20. The Bertz CT molecular complexity index is 1510. The lowest BCUT2D eigenvalue weighted by Crippen LogP contribution is -2.47. The van der Waals surface area contributed by atoms with Crippen molar-refractivity contribution in [1.82, 2.24) is 4.90 Å². The molecule has 3 aromatic carbocycles. The number of carbonyl (C=O) groups is 2. The molecule has 0 fully saturated rings. The first kappa shape index (κ1) is 23.4. The van der Waals surface area contributed by atoms with Crippen LogP contribution in [0.2, 0.25) is 5.02 Å². The number of nitrogens with zero attached hydrogens (tertiary/aromatic N) is 1. The highest BCUT2D eigenvalue weighted by Crippen LogP contribution is 2.57. The second kappa shape index (κ2) is 8.82. The fraction of sp³-hybridized carbons (Fsp3) is 0.200. The average molecular weight is 513 g/mol. The van der Waals surface area contributed by atoms with E-state index in [-0.39, 0.29) is 5.78 Å². The number of rotatable bonds is 5. The van der Waals surface area contributed by atoms with Crippen LogP contribution in [0.1, 0.15) is 35.3 Å². The second-order valence-electron chi connectivity index (χ2n) is 9.21. The van der Waals surface area contributed by atoms with E-state index in [2.05, 4.69) is 10.2 Å². The average Bonchev–Trinajstić information content (AvgIpc) is 3.19. The summed E-state index contributed by atoms with van der Waals surface area (Å²) in [6.07, 6.45) is 3.53. The molecule has 0 amide bonds. The third kappa shape index (κ3) is 3.55. The van der Waals surface area contributed by atoms with Crippen LogP contribution in [0.15, 0.2) is 90.3 Å². The number of fused-ring (bicyclic) bond motifs is 6. The van der Waals surface area contributed by atoms with E-state index in [1.54, 1.807) is 24.3 Å². The SMILES string of the molecule is CCN(CC)C1=CC(=O)C2C(=C1)Oc1ccc(Nc3ccccc3Cl)cc1C21OC(=O)c2ccccc21. The van der Waals surface area contributed by atoms with Gasteiger partial charge in [0.1, 0.15) is 17.4 Å². The molecule has 1 aliphatic carbocycles. The number of likely N-dealkylation sites (N-methyl/N-ethyl adjacent to an activating group) is 1. The molecule has 2 aliphatic heterocycles. The van der Waals surface area contributed by atoms with Gasteiger partial charge in [0.25, 0.3) is 0 Å². The van der Waals surface area contributed by atoms with Crippen LogP contribution in [-0.4, -0.2) is 29.7 Å². The Labute approximate surface area is 220 Å². The van der Waals surface area contributed by atoms with Gasteiger partial charge in [-0.05, 0) is 50.2 Å². The predicted molar refractivity (Wildman–Crippen MR) is 142 cm³/mol. The molecular formula is C30H25ClN2O4. The molecule has 3 aliphatic rings. The molecule has 6 nitrogen and oxygen atoms in total. The van der Waals surface area contributed by atoms with E-state index in [4.69, 9.17) is 21.1 Å². The zero-order valence-electron chi connectivity index (χ0n) is 20.5. The van der Waals surface area contributed by atoms with Crippen molar-refractivity contribution in [2.45, 2.75) is 19.4 Å². The maximum atomic E-state index is 13.8. The summed E-state index contributed by atoms with van der Waals surface area (Å²) in [5.74, 6) is -0.469. The van der Waals surface area contributed by atoms with E-state index in [9.17, 15) is 9.59 Å². The van der Waals surface area contributed by atoms with Gasteiger partial charge in [0, 0.05) is 47.8 Å². The molecule has 1 spiro atoms. The first-order valence-corrected chi connectivity index (χ1v) is 12.7. The van der Waals surface area contributed by atoms with Crippen LogP contribution in [0.5, 0.6) is 5.75 Å². The number of allylic oxidation sites excluding steroid dienone is 2. The number of anilines is 2. The fourth-order valence-corrected chi connectivity index (χ4v) is 5.73. The molecule has 186 valence electrons. The van der Waals surface area contributed by atoms with Crippen molar-refractivity contribution in [1.29, 1.82) is 0 Å². The molecule has 37 heavy (non-hydrogen) atoms. The van der Waals surface area contributed by atoms with Crippen molar-refractivity contribution in [3.05, 3.63) is 112 Å². The normalized spacial score (nSPS) is 21.2. The number of para-hydroxylation sites is 1. The molecule has 0 saturated heterocycles. The lowest BCUT2D eigenvalue weighted by atomic mass is 9.69. The zero-order chi connectivity index (χ0) is 25.7. The van der Waals surface area contributed by atoms with E-state index >= 15 is 0 Å². The minimum Gasteiger partial charge on any atom is -0.460 e. The number of esters is 1. The third-order valence-corrected chi connectivity index (χ3v) is 7.58. The topological polar surface area (TPSA) is 67.9 Å². The lowest BCUT2D eigenvalue weighted by molar-refractivity contribution is -0.126. The highest BCUT2D eigenvalue weighted by atomic mass is 35.5. The highest BCUT2D eigenvalue weighted by Gasteiger charge is 2.60. The summed E-state index contributed by atoms with van der Waals surface area (Å²) in [7, 11) is 0. The number of ketones is 1. The van der Waals surface area contributed by atoms with Gasteiger partial charge < -0.3 is 19.7 Å². The van der Waals surface area contributed by atoms with Crippen LogP contribution in [0.3, 0.4) is 0 Å². The van der Waals surface area contributed by atoms with Crippen molar-refractivity contribution in [2.75, 3.05) is 18.4 Å². The number of nitrogens with one attached hydrogen (secondary N) is 1. The Balaban J connectivity index is 1.55. The molecular weight excluding hydrogens is 488 g/mol. The standard InChI is InChI=1S/C30H25ClN2O4/c1-3-33(4-2)19-16-25(34)28-27(17-19)36-26-14-13-18(32-24-12-8-7-11-23(24)31)15-22(26)30(28)21-10-6-5-9-20(21)29(35)37-30/h5-17,28,32H,3-4H2,1-2H3. The maximum absolute atomic E-state index is 13.8. The molecule has 3 aromatic rings. The van der Waals surface area contributed by atoms with E-state index in [1.807, 2.05) is 68.5 Å². The number of hydrogen-bond donors (Lipinski definition) is 1. The van der Waals surface area contributed by atoms with Crippen molar-refractivity contribution in [3.8, 4) is 5.75 Å². The summed E-state index contributed by atoms with van der Waals surface area (Å²) in [6, 6.07) is 20.3. The number of benzene rings is 3. The lowest BCUT2D eigenvalue weighted by Gasteiger charge is -2.43. The van der Waals surface area contributed by atoms with Crippen LogP contribution in [0.25, 0.3) is 0 Å². The summed E-state index contributed by atoms with van der Waals surface area (Å²) in [4.78, 5) is 29.1. The molecule has 6 rings (SSSR count). The molecule has 1 N–H and O–H groups in total. The van der Waals surface area contributed by atoms with Crippen LogP contribution >= 0.6 is 11.6 Å². The van der Waals surface area contributed by atoms with Gasteiger partial charge >= 0.3 is 5.97 Å². The Morgan fingerprint density at radius 1 is 0.946 bits per heavy atom. The summed E-state index contributed by atoms with van der Waals surface area (Å²) in [5, 5.41) is 3.91. The maximum Gasteiger partial charge on any atom is 0.339 e. The van der Waals surface area contributed by atoms with Crippen molar-refractivity contribution < 1.29 is 19.1 Å². The summed E-state index contributed by atoms with van der Waals surface area (Å²) >= 11 is 6.38.